The van der Waals surface area contributed by atoms with Gasteiger partial charge in [0.05, 0.1) is 37.8 Å². The van der Waals surface area contributed by atoms with Crippen molar-refractivity contribution in [3.8, 4) is 0 Å². The molecule has 2 fully saturated rings. The molecule has 0 atom stereocenters. The summed E-state index contributed by atoms with van der Waals surface area (Å²) in [6, 6.07) is 11.0. The van der Waals surface area contributed by atoms with Crippen molar-refractivity contribution < 1.29 is 14.3 Å². The molecule has 154 valence electrons. The van der Waals surface area contributed by atoms with E-state index in [1.54, 1.807) is 18.3 Å². The van der Waals surface area contributed by atoms with E-state index in [-0.39, 0.29) is 18.0 Å². The molecule has 1 N–H and O–H groups in total. The van der Waals surface area contributed by atoms with E-state index in [2.05, 4.69) is 21.2 Å². The number of hydrogen-bond acceptors (Lipinski definition) is 6. The normalized spacial score (nSPS) is 17.2. The lowest BCUT2D eigenvalue weighted by Crippen LogP contribution is -2.38. The van der Waals surface area contributed by atoms with E-state index in [9.17, 15) is 9.59 Å². The van der Waals surface area contributed by atoms with Gasteiger partial charge in [-0.2, -0.15) is 0 Å². The van der Waals surface area contributed by atoms with E-state index in [0.29, 0.717) is 13.2 Å². The van der Waals surface area contributed by atoms with Gasteiger partial charge >= 0.3 is 0 Å². The third-order valence-corrected chi connectivity index (χ3v) is 5.20. The minimum atomic E-state index is -0.230. The molecule has 2 saturated heterocycles. The van der Waals surface area contributed by atoms with Crippen LogP contribution in [0, 0.1) is 0 Å². The van der Waals surface area contributed by atoms with Crippen LogP contribution in [0.5, 0.6) is 0 Å². The molecule has 1 aromatic carbocycles. The van der Waals surface area contributed by atoms with Crippen LogP contribution in [0.3, 0.4) is 0 Å². The van der Waals surface area contributed by atoms with Crippen LogP contribution in [-0.4, -0.2) is 63.1 Å². The molecule has 29 heavy (non-hydrogen) atoms. The maximum absolute atomic E-state index is 12.6. The van der Waals surface area contributed by atoms with Crippen molar-refractivity contribution in [1.29, 1.82) is 0 Å². The van der Waals surface area contributed by atoms with Crippen molar-refractivity contribution in [2.75, 3.05) is 67.7 Å². The fourth-order valence-electron chi connectivity index (χ4n) is 3.65. The molecule has 0 radical (unpaired) electrons. The zero-order chi connectivity index (χ0) is 20.1. The number of hydrogen-bond donors (Lipinski definition) is 1. The summed E-state index contributed by atoms with van der Waals surface area (Å²) in [4.78, 5) is 29.0. The summed E-state index contributed by atoms with van der Waals surface area (Å²) in [5.74, 6) is -0.230. The first kappa shape index (κ1) is 19.5. The number of amides is 1. The predicted octanol–water partition coefficient (Wildman–Crippen LogP) is 1.16. The number of morpholine rings is 2. The van der Waals surface area contributed by atoms with Crippen LogP contribution in [-0.2, 0) is 20.8 Å². The lowest BCUT2D eigenvalue weighted by atomic mass is 10.1. The molecule has 8 nitrogen and oxygen atoms in total. The molecule has 0 spiro atoms. The van der Waals surface area contributed by atoms with Crippen molar-refractivity contribution in [3.05, 3.63) is 52.9 Å². The molecule has 2 aromatic rings. The highest BCUT2D eigenvalue weighted by Gasteiger charge is 2.19. The predicted molar refractivity (Wildman–Crippen MR) is 112 cm³/mol. The molecule has 0 saturated carbocycles. The first-order valence-corrected chi connectivity index (χ1v) is 9.95. The van der Waals surface area contributed by atoms with Gasteiger partial charge in [0, 0.05) is 44.1 Å². The van der Waals surface area contributed by atoms with Gasteiger partial charge in [0.1, 0.15) is 6.54 Å². The minimum Gasteiger partial charge on any atom is -0.378 e. The van der Waals surface area contributed by atoms with Crippen LogP contribution in [0.2, 0.25) is 0 Å². The first-order chi connectivity index (χ1) is 14.2. The Kier molecular flexibility index (Phi) is 6.12. The summed E-state index contributed by atoms with van der Waals surface area (Å²) in [6.45, 7) is 5.99. The van der Waals surface area contributed by atoms with Crippen molar-refractivity contribution in [3.63, 3.8) is 0 Å². The maximum Gasteiger partial charge on any atom is 0.250 e. The zero-order valence-corrected chi connectivity index (χ0v) is 16.4. The average Bonchev–Trinajstić information content (AvgIpc) is 2.77. The second-order valence-corrected chi connectivity index (χ2v) is 7.12. The molecule has 8 heteroatoms. The zero-order valence-electron chi connectivity index (χ0n) is 16.4. The summed E-state index contributed by atoms with van der Waals surface area (Å²) in [7, 11) is 0. The standard InChI is InChI=1S/C21H26N4O4/c26-20(16-25-6-2-1-3-21(25)27)22-18-5-4-17(23-7-11-28-12-8-23)15-19(18)24-9-13-29-14-10-24/h1-6,15H,7-14,16H2,(H,22,26). The number of pyridine rings is 1. The number of rotatable bonds is 5. The number of anilines is 3. The molecule has 0 aliphatic carbocycles. The lowest BCUT2D eigenvalue weighted by molar-refractivity contribution is -0.116. The van der Waals surface area contributed by atoms with Crippen LogP contribution in [0.25, 0.3) is 0 Å². The molecule has 2 aliphatic heterocycles. The number of nitrogens with zero attached hydrogens (tertiary/aromatic N) is 3. The van der Waals surface area contributed by atoms with Crippen molar-refractivity contribution >= 4 is 23.0 Å². The van der Waals surface area contributed by atoms with Gasteiger partial charge < -0.3 is 29.2 Å². The maximum atomic E-state index is 12.6. The van der Waals surface area contributed by atoms with E-state index >= 15 is 0 Å². The Balaban J connectivity index is 1.56. The first-order valence-electron chi connectivity index (χ1n) is 9.95. The molecular formula is C21H26N4O4. The topological polar surface area (TPSA) is 76.0 Å². The van der Waals surface area contributed by atoms with Crippen LogP contribution in [0.1, 0.15) is 0 Å². The number of ether oxygens (including phenoxy) is 2. The Bertz CT molecular complexity index is 902. The highest BCUT2D eigenvalue weighted by atomic mass is 16.5. The highest BCUT2D eigenvalue weighted by molar-refractivity contribution is 5.95. The third-order valence-electron chi connectivity index (χ3n) is 5.20. The minimum absolute atomic E-state index is 0.0204. The van der Waals surface area contributed by atoms with E-state index < -0.39 is 0 Å². The second kappa shape index (κ2) is 9.11. The van der Waals surface area contributed by atoms with Crippen LogP contribution in [0.15, 0.2) is 47.4 Å². The molecular weight excluding hydrogens is 372 g/mol. The molecule has 3 heterocycles. The number of carbonyl (C=O) groups is 1. The lowest BCUT2D eigenvalue weighted by Gasteiger charge is -2.33. The fraction of sp³-hybridized carbons (Fsp3) is 0.429. The van der Waals surface area contributed by atoms with Gasteiger partial charge in [-0.25, -0.2) is 0 Å². The van der Waals surface area contributed by atoms with Crippen molar-refractivity contribution in [2.45, 2.75) is 6.54 Å². The summed E-state index contributed by atoms with van der Waals surface area (Å²) < 4.78 is 12.3. The number of carbonyl (C=O) groups excluding carboxylic acids is 1. The van der Waals surface area contributed by atoms with Gasteiger partial charge in [-0.05, 0) is 24.3 Å². The Labute approximate surface area is 169 Å². The smallest absolute Gasteiger partial charge is 0.250 e. The van der Waals surface area contributed by atoms with E-state index in [0.717, 1.165) is 56.5 Å². The molecule has 0 bridgehead atoms. The Morgan fingerprint density at radius 2 is 1.62 bits per heavy atom. The van der Waals surface area contributed by atoms with E-state index in [1.807, 2.05) is 12.1 Å². The molecule has 1 aromatic heterocycles. The number of nitrogens with one attached hydrogen (secondary N) is 1. The Morgan fingerprint density at radius 3 is 2.31 bits per heavy atom. The van der Waals surface area contributed by atoms with Gasteiger partial charge in [-0.1, -0.05) is 6.07 Å². The van der Waals surface area contributed by atoms with Crippen molar-refractivity contribution in [1.82, 2.24) is 4.57 Å². The summed E-state index contributed by atoms with van der Waals surface area (Å²) in [5, 5.41) is 2.99. The quantitative estimate of drug-likeness (QED) is 0.815. The van der Waals surface area contributed by atoms with E-state index in [4.69, 9.17) is 9.47 Å². The Hall–Kier alpha value is -2.84. The van der Waals surface area contributed by atoms with Gasteiger partial charge in [-0.15, -0.1) is 0 Å². The largest absolute Gasteiger partial charge is 0.378 e. The highest BCUT2D eigenvalue weighted by Crippen LogP contribution is 2.32. The molecule has 2 aliphatic rings. The summed E-state index contributed by atoms with van der Waals surface area (Å²) in [6.07, 6.45) is 1.62. The second-order valence-electron chi connectivity index (χ2n) is 7.12. The van der Waals surface area contributed by atoms with Crippen LogP contribution in [0.4, 0.5) is 17.1 Å². The van der Waals surface area contributed by atoms with Crippen molar-refractivity contribution in [2.24, 2.45) is 0 Å². The third kappa shape index (κ3) is 4.78. The van der Waals surface area contributed by atoms with Gasteiger partial charge in [0.15, 0.2) is 0 Å². The summed E-state index contributed by atoms with van der Waals surface area (Å²) >= 11 is 0. The van der Waals surface area contributed by atoms with Gasteiger partial charge in [0.25, 0.3) is 5.56 Å². The number of aromatic nitrogens is 1. The molecule has 1 amide bonds. The van der Waals surface area contributed by atoms with Crippen LogP contribution < -0.4 is 20.7 Å². The number of benzene rings is 1. The van der Waals surface area contributed by atoms with Gasteiger partial charge in [0.2, 0.25) is 5.91 Å². The van der Waals surface area contributed by atoms with Gasteiger partial charge in [-0.3, -0.25) is 9.59 Å². The monoisotopic (exact) mass is 398 g/mol. The molecule has 0 unspecified atom stereocenters. The summed E-state index contributed by atoms with van der Waals surface area (Å²) in [5.41, 5.74) is 2.65. The van der Waals surface area contributed by atoms with Crippen LogP contribution >= 0.6 is 0 Å². The average molecular weight is 398 g/mol. The Morgan fingerprint density at radius 1 is 0.931 bits per heavy atom. The fourth-order valence-corrected chi connectivity index (χ4v) is 3.65. The SMILES string of the molecule is O=C(Cn1ccccc1=O)Nc1ccc(N2CCOCC2)cc1N1CCOCC1. The van der Waals surface area contributed by atoms with E-state index in [1.165, 1.54) is 10.6 Å². The molecule has 4 rings (SSSR count).